The van der Waals surface area contributed by atoms with Gasteiger partial charge in [-0.25, -0.2) is 9.97 Å². The van der Waals surface area contributed by atoms with Gasteiger partial charge in [0.15, 0.2) is 0 Å². The highest BCUT2D eigenvalue weighted by Crippen LogP contribution is 2.26. The summed E-state index contributed by atoms with van der Waals surface area (Å²) in [6, 6.07) is 13.5. The quantitative estimate of drug-likeness (QED) is 0.647. The van der Waals surface area contributed by atoms with Crippen LogP contribution in [0.1, 0.15) is 0 Å². The van der Waals surface area contributed by atoms with Gasteiger partial charge >= 0.3 is 0 Å². The van der Waals surface area contributed by atoms with Crippen LogP contribution < -0.4 is 15.8 Å². The number of nitrogens with zero attached hydrogens (tertiary/aromatic N) is 2. The van der Waals surface area contributed by atoms with E-state index < -0.39 is 0 Å². The summed E-state index contributed by atoms with van der Waals surface area (Å²) in [5, 5.41) is 4.23. The molecule has 5 nitrogen and oxygen atoms in total. The highest BCUT2D eigenvalue weighted by Gasteiger charge is 2.05. The van der Waals surface area contributed by atoms with Gasteiger partial charge in [0.05, 0.1) is 12.6 Å². The van der Waals surface area contributed by atoms with Gasteiger partial charge in [0, 0.05) is 22.0 Å². The largest absolute Gasteiger partial charge is 0.497 e. The zero-order valence-electron chi connectivity index (χ0n) is 12.4. The van der Waals surface area contributed by atoms with Crippen LogP contribution in [0.5, 0.6) is 5.75 Å². The van der Waals surface area contributed by atoms with Gasteiger partial charge in [-0.05, 0) is 43.4 Å². The average Bonchev–Trinajstić information content (AvgIpc) is 2.58. The minimum atomic E-state index is 0.768. The molecule has 0 fully saturated rings. The van der Waals surface area contributed by atoms with Gasteiger partial charge in [0.1, 0.15) is 17.9 Å². The van der Waals surface area contributed by atoms with E-state index in [0.29, 0.717) is 0 Å². The molecular weight excluding hydrogens is 296 g/mol. The number of aromatic nitrogens is 2. The summed E-state index contributed by atoms with van der Waals surface area (Å²) in [5.41, 5.74) is 6.30. The lowest BCUT2D eigenvalue weighted by Gasteiger charge is -2.09. The fraction of sp³-hybridized carbons (Fsp3) is 0.125. The molecule has 0 saturated heterocycles. The monoisotopic (exact) mass is 314 g/mol. The molecule has 1 aromatic heterocycles. The summed E-state index contributed by atoms with van der Waals surface area (Å²) in [6.07, 6.45) is 1.54. The number of rotatable bonds is 3. The van der Waals surface area contributed by atoms with Crippen molar-refractivity contribution in [2.45, 2.75) is 4.90 Å². The standard InChI is InChI=1S/C15H13N3OS.CH5N/c1-19-11-4-7-13-14(8-11)16-9-17-15(13)18-10-2-5-12(20)6-3-10;1-2/h2-9,20H,1H3,(H,16,17,18);2H2,1H3. The van der Waals surface area contributed by atoms with Gasteiger partial charge in [0.25, 0.3) is 0 Å². The molecular formula is C16H18N4OS. The third-order valence-corrected chi connectivity index (χ3v) is 3.27. The van der Waals surface area contributed by atoms with Gasteiger partial charge in [-0.3, -0.25) is 0 Å². The van der Waals surface area contributed by atoms with Crippen molar-refractivity contribution in [2.75, 3.05) is 19.5 Å². The highest BCUT2D eigenvalue weighted by molar-refractivity contribution is 7.80. The van der Waals surface area contributed by atoms with Crippen molar-refractivity contribution in [1.29, 1.82) is 0 Å². The van der Waals surface area contributed by atoms with Crippen molar-refractivity contribution < 1.29 is 4.74 Å². The van der Waals surface area contributed by atoms with E-state index in [0.717, 1.165) is 33.1 Å². The number of ether oxygens (including phenoxy) is 1. The lowest BCUT2D eigenvalue weighted by molar-refractivity contribution is 0.415. The smallest absolute Gasteiger partial charge is 0.141 e. The Hall–Kier alpha value is -2.31. The maximum absolute atomic E-state index is 5.20. The molecule has 0 aliphatic rings. The minimum Gasteiger partial charge on any atom is -0.497 e. The van der Waals surface area contributed by atoms with Crippen LogP contribution in [0.25, 0.3) is 10.9 Å². The summed E-state index contributed by atoms with van der Waals surface area (Å²) in [6.45, 7) is 0. The summed E-state index contributed by atoms with van der Waals surface area (Å²) < 4.78 is 5.20. The predicted molar refractivity (Wildman–Crippen MR) is 93.2 cm³/mol. The van der Waals surface area contributed by atoms with Crippen molar-refractivity contribution in [3.8, 4) is 5.75 Å². The van der Waals surface area contributed by atoms with E-state index in [1.807, 2.05) is 42.5 Å². The van der Waals surface area contributed by atoms with Crippen molar-refractivity contribution in [1.82, 2.24) is 9.97 Å². The first-order chi connectivity index (χ1) is 10.8. The van der Waals surface area contributed by atoms with Crippen molar-refractivity contribution in [2.24, 2.45) is 5.73 Å². The van der Waals surface area contributed by atoms with Gasteiger partial charge in [-0.1, -0.05) is 0 Å². The number of nitrogens with two attached hydrogens (primary N) is 1. The van der Waals surface area contributed by atoms with Gasteiger partial charge in [0.2, 0.25) is 0 Å². The molecule has 22 heavy (non-hydrogen) atoms. The normalized spacial score (nSPS) is 9.82. The van der Waals surface area contributed by atoms with Crippen LogP contribution in [0.3, 0.4) is 0 Å². The summed E-state index contributed by atoms with van der Waals surface area (Å²) in [5.74, 6) is 1.55. The van der Waals surface area contributed by atoms with E-state index in [-0.39, 0.29) is 0 Å². The Morgan fingerprint density at radius 2 is 1.77 bits per heavy atom. The molecule has 2 aromatic carbocycles. The molecule has 114 valence electrons. The lowest BCUT2D eigenvalue weighted by atomic mass is 10.2. The Bertz CT molecular complexity index is 747. The number of benzene rings is 2. The predicted octanol–water partition coefficient (Wildman–Crippen LogP) is 3.25. The van der Waals surface area contributed by atoms with Crippen LogP contribution in [-0.2, 0) is 0 Å². The number of fused-ring (bicyclic) bond motifs is 1. The average molecular weight is 314 g/mol. The summed E-state index contributed by atoms with van der Waals surface area (Å²) >= 11 is 4.27. The minimum absolute atomic E-state index is 0.768. The molecule has 3 rings (SSSR count). The molecule has 0 saturated carbocycles. The number of anilines is 2. The van der Waals surface area contributed by atoms with E-state index in [1.54, 1.807) is 7.11 Å². The first kappa shape index (κ1) is 16.1. The van der Waals surface area contributed by atoms with E-state index in [4.69, 9.17) is 4.74 Å². The first-order valence-electron chi connectivity index (χ1n) is 6.69. The maximum atomic E-state index is 5.20. The first-order valence-corrected chi connectivity index (χ1v) is 7.13. The SMILES string of the molecule is CN.COc1ccc2c(Nc3ccc(S)cc3)ncnc2c1. The Kier molecular flexibility index (Phi) is 5.57. The Morgan fingerprint density at radius 1 is 1.05 bits per heavy atom. The molecule has 0 aliphatic carbocycles. The Balaban J connectivity index is 0.000000847. The van der Waals surface area contributed by atoms with Gasteiger partial charge in [-0.2, -0.15) is 0 Å². The number of thiol groups is 1. The molecule has 0 unspecified atom stereocenters. The lowest BCUT2D eigenvalue weighted by Crippen LogP contribution is -1.96. The van der Waals surface area contributed by atoms with Crippen LogP contribution in [0.15, 0.2) is 53.7 Å². The van der Waals surface area contributed by atoms with E-state index in [1.165, 1.54) is 13.4 Å². The fourth-order valence-electron chi connectivity index (χ4n) is 1.94. The molecule has 3 N–H and O–H groups in total. The second-order valence-corrected chi connectivity index (χ2v) is 4.79. The number of hydrogen-bond donors (Lipinski definition) is 3. The number of hydrogen-bond acceptors (Lipinski definition) is 6. The van der Waals surface area contributed by atoms with E-state index >= 15 is 0 Å². The van der Waals surface area contributed by atoms with Crippen molar-refractivity contribution >= 4 is 35.0 Å². The number of nitrogens with one attached hydrogen (secondary N) is 1. The second kappa shape index (κ2) is 7.63. The summed E-state index contributed by atoms with van der Waals surface area (Å²) in [7, 11) is 3.14. The maximum Gasteiger partial charge on any atom is 0.141 e. The second-order valence-electron chi connectivity index (χ2n) is 4.28. The molecule has 0 amide bonds. The van der Waals surface area contributed by atoms with Gasteiger partial charge < -0.3 is 15.8 Å². The summed E-state index contributed by atoms with van der Waals surface area (Å²) in [4.78, 5) is 9.48. The topological polar surface area (TPSA) is 73.1 Å². The van der Waals surface area contributed by atoms with Crippen LogP contribution >= 0.6 is 12.6 Å². The Labute approximate surface area is 135 Å². The molecule has 6 heteroatoms. The molecule has 0 spiro atoms. The highest BCUT2D eigenvalue weighted by atomic mass is 32.1. The van der Waals surface area contributed by atoms with E-state index in [9.17, 15) is 0 Å². The number of methoxy groups -OCH3 is 1. The third-order valence-electron chi connectivity index (χ3n) is 2.97. The Morgan fingerprint density at radius 3 is 2.45 bits per heavy atom. The third kappa shape index (κ3) is 3.66. The fourth-order valence-corrected chi connectivity index (χ4v) is 2.09. The van der Waals surface area contributed by atoms with Gasteiger partial charge in [-0.15, -0.1) is 12.6 Å². The molecule has 1 heterocycles. The molecule has 0 radical (unpaired) electrons. The molecule has 0 atom stereocenters. The van der Waals surface area contributed by atoms with E-state index in [2.05, 4.69) is 33.6 Å². The van der Waals surface area contributed by atoms with Crippen molar-refractivity contribution in [3.63, 3.8) is 0 Å². The van der Waals surface area contributed by atoms with Crippen LogP contribution in [-0.4, -0.2) is 24.1 Å². The van der Waals surface area contributed by atoms with Crippen LogP contribution in [0.2, 0.25) is 0 Å². The zero-order chi connectivity index (χ0) is 15.9. The molecule has 0 bridgehead atoms. The van der Waals surface area contributed by atoms with Crippen LogP contribution in [0, 0.1) is 0 Å². The van der Waals surface area contributed by atoms with Crippen molar-refractivity contribution in [3.05, 3.63) is 48.8 Å². The van der Waals surface area contributed by atoms with Crippen LogP contribution in [0.4, 0.5) is 11.5 Å². The zero-order valence-corrected chi connectivity index (χ0v) is 13.3. The molecule has 0 aliphatic heterocycles. The molecule has 3 aromatic rings.